The molecule has 0 saturated heterocycles. The van der Waals surface area contributed by atoms with E-state index in [0.717, 1.165) is 19.6 Å². The van der Waals surface area contributed by atoms with Gasteiger partial charge in [0.25, 0.3) is 0 Å². The van der Waals surface area contributed by atoms with E-state index >= 15 is 0 Å². The standard InChI is InChI=1S/C15H24N2/c1-3-17(4-2)15(12-16)11-7-9-13-8-5-6-10-14(13)15/h5-6,8,10H,3-4,7,9,11-12,16H2,1-2H3. The molecule has 1 unspecified atom stereocenters. The van der Waals surface area contributed by atoms with Crippen LogP contribution in [-0.4, -0.2) is 24.5 Å². The summed E-state index contributed by atoms with van der Waals surface area (Å²) in [6.07, 6.45) is 3.66. The summed E-state index contributed by atoms with van der Waals surface area (Å²) in [7, 11) is 0. The number of rotatable bonds is 4. The average Bonchev–Trinajstić information content (AvgIpc) is 2.40. The Hall–Kier alpha value is -0.860. The first-order valence-corrected chi connectivity index (χ1v) is 6.82. The highest BCUT2D eigenvalue weighted by Crippen LogP contribution is 2.39. The van der Waals surface area contributed by atoms with Crippen molar-refractivity contribution in [3.63, 3.8) is 0 Å². The summed E-state index contributed by atoms with van der Waals surface area (Å²) in [6.45, 7) is 7.34. The Bertz CT molecular complexity index is 371. The lowest BCUT2D eigenvalue weighted by Crippen LogP contribution is -2.53. The van der Waals surface area contributed by atoms with Gasteiger partial charge in [-0.3, -0.25) is 4.90 Å². The van der Waals surface area contributed by atoms with E-state index < -0.39 is 0 Å². The topological polar surface area (TPSA) is 29.3 Å². The zero-order valence-electron chi connectivity index (χ0n) is 11.1. The Balaban J connectivity index is 2.48. The first-order chi connectivity index (χ1) is 8.28. The predicted octanol–water partition coefficient (Wildman–Crippen LogP) is 2.52. The van der Waals surface area contributed by atoms with Crippen LogP contribution in [0.1, 0.15) is 37.8 Å². The molecule has 1 aromatic carbocycles. The van der Waals surface area contributed by atoms with Gasteiger partial charge in [0.2, 0.25) is 0 Å². The van der Waals surface area contributed by atoms with Crippen LogP contribution >= 0.6 is 0 Å². The van der Waals surface area contributed by atoms with Crippen LogP contribution in [0.5, 0.6) is 0 Å². The van der Waals surface area contributed by atoms with Crippen LogP contribution in [0.2, 0.25) is 0 Å². The van der Waals surface area contributed by atoms with Crippen molar-refractivity contribution in [3.8, 4) is 0 Å². The van der Waals surface area contributed by atoms with E-state index in [0.29, 0.717) is 0 Å². The van der Waals surface area contributed by atoms with E-state index in [-0.39, 0.29) is 5.54 Å². The van der Waals surface area contributed by atoms with Crippen LogP contribution in [0, 0.1) is 0 Å². The van der Waals surface area contributed by atoms with Crippen molar-refractivity contribution in [3.05, 3.63) is 35.4 Å². The molecule has 1 aromatic rings. The summed E-state index contributed by atoms with van der Waals surface area (Å²) in [5.41, 5.74) is 9.21. The number of hydrogen-bond acceptors (Lipinski definition) is 2. The van der Waals surface area contributed by atoms with Gasteiger partial charge < -0.3 is 5.73 Å². The number of likely N-dealkylation sites (N-methyl/N-ethyl adjacent to an activating group) is 1. The maximum Gasteiger partial charge on any atom is 0.0586 e. The normalized spacial score (nSPS) is 23.8. The van der Waals surface area contributed by atoms with Crippen LogP contribution in [0.25, 0.3) is 0 Å². The summed E-state index contributed by atoms with van der Waals surface area (Å²) < 4.78 is 0. The van der Waals surface area contributed by atoms with Crippen molar-refractivity contribution in [2.45, 2.75) is 38.6 Å². The van der Waals surface area contributed by atoms with Gasteiger partial charge in [0.05, 0.1) is 5.54 Å². The smallest absolute Gasteiger partial charge is 0.0586 e. The Morgan fingerprint density at radius 2 is 1.94 bits per heavy atom. The minimum Gasteiger partial charge on any atom is -0.328 e. The second-order valence-electron chi connectivity index (χ2n) is 4.92. The molecular weight excluding hydrogens is 208 g/mol. The van der Waals surface area contributed by atoms with Gasteiger partial charge in [-0.05, 0) is 43.5 Å². The molecule has 2 nitrogen and oxygen atoms in total. The SMILES string of the molecule is CCN(CC)C1(CN)CCCc2ccccc21. The molecule has 0 aromatic heterocycles. The molecule has 0 heterocycles. The molecule has 2 rings (SSSR count). The van der Waals surface area contributed by atoms with Crippen molar-refractivity contribution < 1.29 is 0 Å². The molecule has 2 heteroatoms. The Morgan fingerprint density at radius 3 is 2.59 bits per heavy atom. The van der Waals surface area contributed by atoms with Gasteiger partial charge in [-0.15, -0.1) is 0 Å². The van der Waals surface area contributed by atoms with Crippen molar-refractivity contribution in [1.82, 2.24) is 4.90 Å². The molecule has 0 radical (unpaired) electrons. The summed E-state index contributed by atoms with van der Waals surface area (Å²) >= 11 is 0. The van der Waals surface area contributed by atoms with Crippen LogP contribution in [0.15, 0.2) is 24.3 Å². The molecule has 0 saturated carbocycles. The monoisotopic (exact) mass is 232 g/mol. The summed E-state index contributed by atoms with van der Waals surface area (Å²) in [5, 5.41) is 0. The Kier molecular flexibility index (Phi) is 3.85. The van der Waals surface area contributed by atoms with E-state index in [2.05, 4.69) is 43.0 Å². The van der Waals surface area contributed by atoms with Crippen LogP contribution in [0.3, 0.4) is 0 Å². The average molecular weight is 232 g/mol. The maximum absolute atomic E-state index is 6.16. The first kappa shape index (κ1) is 12.6. The van der Waals surface area contributed by atoms with Gasteiger partial charge in [-0.2, -0.15) is 0 Å². The second kappa shape index (κ2) is 5.19. The molecule has 1 aliphatic rings. The lowest BCUT2D eigenvalue weighted by molar-refractivity contribution is 0.0857. The Labute approximate surface area is 105 Å². The number of hydrogen-bond donors (Lipinski definition) is 1. The maximum atomic E-state index is 6.16. The number of fused-ring (bicyclic) bond motifs is 1. The molecular formula is C15H24N2. The van der Waals surface area contributed by atoms with E-state index in [9.17, 15) is 0 Å². The largest absolute Gasteiger partial charge is 0.328 e. The molecule has 1 atom stereocenters. The zero-order valence-corrected chi connectivity index (χ0v) is 11.1. The van der Waals surface area contributed by atoms with E-state index in [1.54, 1.807) is 0 Å². The third-order valence-corrected chi connectivity index (χ3v) is 4.26. The number of benzene rings is 1. The number of nitrogens with two attached hydrogens (primary N) is 1. The molecule has 1 aliphatic carbocycles. The number of nitrogens with zero attached hydrogens (tertiary/aromatic N) is 1. The third kappa shape index (κ3) is 2.00. The van der Waals surface area contributed by atoms with Crippen molar-refractivity contribution >= 4 is 0 Å². The first-order valence-electron chi connectivity index (χ1n) is 6.82. The fourth-order valence-corrected chi connectivity index (χ4v) is 3.40. The number of aryl methyl sites for hydroxylation is 1. The highest BCUT2D eigenvalue weighted by Gasteiger charge is 2.38. The molecule has 17 heavy (non-hydrogen) atoms. The van der Waals surface area contributed by atoms with Crippen molar-refractivity contribution in [2.24, 2.45) is 5.73 Å². The highest BCUT2D eigenvalue weighted by molar-refractivity contribution is 5.36. The zero-order chi connectivity index (χ0) is 12.3. The van der Waals surface area contributed by atoms with Crippen LogP contribution in [0.4, 0.5) is 0 Å². The van der Waals surface area contributed by atoms with Crippen molar-refractivity contribution in [1.29, 1.82) is 0 Å². The molecule has 2 N–H and O–H groups in total. The Morgan fingerprint density at radius 1 is 1.24 bits per heavy atom. The van der Waals surface area contributed by atoms with Gasteiger partial charge in [-0.25, -0.2) is 0 Å². The van der Waals surface area contributed by atoms with Gasteiger partial charge in [0.1, 0.15) is 0 Å². The minimum atomic E-state index is 0.0817. The van der Waals surface area contributed by atoms with E-state index in [1.807, 2.05) is 0 Å². The van der Waals surface area contributed by atoms with E-state index in [4.69, 9.17) is 5.73 Å². The minimum absolute atomic E-state index is 0.0817. The molecule has 0 spiro atoms. The molecule has 0 aliphatic heterocycles. The molecule has 0 fully saturated rings. The summed E-state index contributed by atoms with van der Waals surface area (Å²) in [5.74, 6) is 0. The molecule has 94 valence electrons. The fourth-order valence-electron chi connectivity index (χ4n) is 3.40. The van der Waals surface area contributed by atoms with Gasteiger partial charge >= 0.3 is 0 Å². The second-order valence-corrected chi connectivity index (χ2v) is 4.92. The van der Waals surface area contributed by atoms with E-state index in [1.165, 1.54) is 30.4 Å². The lowest BCUT2D eigenvalue weighted by Gasteiger charge is -2.46. The summed E-state index contributed by atoms with van der Waals surface area (Å²) in [4.78, 5) is 2.53. The quantitative estimate of drug-likeness (QED) is 0.864. The van der Waals surface area contributed by atoms with Gasteiger partial charge in [0, 0.05) is 6.54 Å². The van der Waals surface area contributed by atoms with Crippen molar-refractivity contribution in [2.75, 3.05) is 19.6 Å². The van der Waals surface area contributed by atoms with Crippen LogP contribution < -0.4 is 5.73 Å². The molecule has 0 bridgehead atoms. The molecule has 0 amide bonds. The highest BCUT2D eigenvalue weighted by atomic mass is 15.2. The van der Waals surface area contributed by atoms with Gasteiger partial charge in [0.15, 0.2) is 0 Å². The lowest BCUT2D eigenvalue weighted by atomic mass is 9.75. The van der Waals surface area contributed by atoms with Crippen LogP contribution in [-0.2, 0) is 12.0 Å². The van der Waals surface area contributed by atoms with Gasteiger partial charge in [-0.1, -0.05) is 38.1 Å². The summed E-state index contributed by atoms with van der Waals surface area (Å²) in [6, 6.07) is 8.84. The third-order valence-electron chi connectivity index (χ3n) is 4.26. The predicted molar refractivity (Wildman–Crippen MR) is 73.0 cm³/mol. The fraction of sp³-hybridized carbons (Fsp3) is 0.600.